The molecule has 70 valence electrons. The summed E-state index contributed by atoms with van der Waals surface area (Å²) in [5.41, 5.74) is 0. The van der Waals surface area contributed by atoms with Crippen molar-refractivity contribution in [2.45, 2.75) is 44.7 Å². The molecule has 1 N–H and O–H groups in total. The van der Waals surface area contributed by atoms with Crippen molar-refractivity contribution in [3.63, 3.8) is 0 Å². The summed E-state index contributed by atoms with van der Waals surface area (Å²) < 4.78 is 0. The standard InChI is InChI=1S/C10H20N2/c1-2-12-7-3-4-10(12)8-11-9-5-6-9/h9-11H,2-8H2,1H3. The smallest absolute Gasteiger partial charge is 0.0221 e. The molecule has 2 aliphatic rings. The molecule has 1 aliphatic carbocycles. The first-order chi connectivity index (χ1) is 5.90. The van der Waals surface area contributed by atoms with E-state index in [2.05, 4.69) is 17.1 Å². The molecule has 1 aliphatic heterocycles. The predicted molar refractivity (Wildman–Crippen MR) is 51.3 cm³/mol. The third kappa shape index (κ3) is 1.99. The van der Waals surface area contributed by atoms with Gasteiger partial charge in [0.2, 0.25) is 0 Å². The summed E-state index contributed by atoms with van der Waals surface area (Å²) >= 11 is 0. The van der Waals surface area contributed by atoms with Gasteiger partial charge in [0.05, 0.1) is 0 Å². The molecule has 2 rings (SSSR count). The summed E-state index contributed by atoms with van der Waals surface area (Å²) in [5, 5.41) is 3.62. The van der Waals surface area contributed by atoms with Crippen LogP contribution in [-0.2, 0) is 0 Å². The van der Waals surface area contributed by atoms with Crippen LogP contribution in [0.3, 0.4) is 0 Å². The minimum atomic E-state index is 0.843. The van der Waals surface area contributed by atoms with Crippen molar-refractivity contribution >= 4 is 0 Å². The van der Waals surface area contributed by atoms with E-state index < -0.39 is 0 Å². The van der Waals surface area contributed by atoms with Gasteiger partial charge in [-0.2, -0.15) is 0 Å². The van der Waals surface area contributed by atoms with Crippen LogP contribution in [0.4, 0.5) is 0 Å². The van der Waals surface area contributed by atoms with E-state index in [4.69, 9.17) is 0 Å². The molecule has 0 amide bonds. The third-order valence-corrected chi connectivity index (χ3v) is 3.12. The molecule has 1 unspecified atom stereocenters. The highest BCUT2D eigenvalue weighted by Gasteiger charge is 2.26. The zero-order valence-electron chi connectivity index (χ0n) is 8.05. The van der Waals surface area contributed by atoms with Crippen LogP contribution in [0.2, 0.25) is 0 Å². The molecule has 1 heterocycles. The van der Waals surface area contributed by atoms with Gasteiger partial charge in [0.25, 0.3) is 0 Å². The lowest BCUT2D eigenvalue weighted by atomic mass is 10.2. The van der Waals surface area contributed by atoms with E-state index in [1.807, 2.05) is 0 Å². The number of likely N-dealkylation sites (N-methyl/N-ethyl adjacent to an activating group) is 1. The van der Waals surface area contributed by atoms with E-state index >= 15 is 0 Å². The fourth-order valence-electron chi connectivity index (χ4n) is 2.13. The summed E-state index contributed by atoms with van der Waals surface area (Å²) in [5.74, 6) is 0. The van der Waals surface area contributed by atoms with Crippen LogP contribution in [0, 0.1) is 0 Å². The maximum absolute atomic E-state index is 3.62. The Balaban J connectivity index is 1.69. The van der Waals surface area contributed by atoms with Crippen molar-refractivity contribution in [1.29, 1.82) is 0 Å². The molecule has 2 fully saturated rings. The van der Waals surface area contributed by atoms with Crippen molar-refractivity contribution < 1.29 is 0 Å². The quantitative estimate of drug-likeness (QED) is 0.679. The average Bonchev–Trinajstić information content (AvgIpc) is 2.81. The Bertz CT molecular complexity index is 143. The minimum absolute atomic E-state index is 0.843. The molecule has 1 saturated heterocycles. The van der Waals surface area contributed by atoms with E-state index in [9.17, 15) is 0 Å². The van der Waals surface area contributed by atoms with Gasteiger partial charge in [-0.1, -0.05) is 6.92 Å². The molecule has 0 spiro atoms. The first-order valence-electron chi connectivity index (χ1n) is 5.37. The first kappa shape index (κ1) is 8.52. The number of rotatable bonds is 4. The number of nitrogens with one attached hydrogen (secondary N) is 1. The monoisotopic (exact) mass is 168 g/mol. The normalized spacial score (nSPS) is 31.2. The van der Waals surface area contributed by atoms with E-state index in [0.29, 0.717) is 0 Å². The fourth-order valence-corrected chi connectivity index (χ4v) is 2.13. The summed E-state index contributed by atoms with van der Waals surface area (Å²) in [7, 11) is 0. The van der Waals surface area contributed by atoms with Crippen molar-refractivity contribution in [3.8, 4) is 0 Å². The predicted octanol–water partition coefficient (Wildman–Crippen LogP) is 1.22. The van der Waals surface area contributed by atoms with Crippen LogP contribution in [0.25, 0.3) is 0 Å². The van der Waals surface area contributed by atoms with Crippen LogP contribution in [0.1, 0.15) is 32.6 Å². The molecule has 1 saturated carbocycles. The van der Waals surface area contributed by atoms with Crippen LogP contribution in [0.15, 0.2) is 0 Å². The molecule has 0 radical (unpaired) electrons. The minimum Gasteiger partial charge on any atom is -0.312 e. The highest BCUT2D eigenvalue weighted by Crippen LogP contribution is 2.21. The zero-order valence-corrected chi connectivity index (χ0v) is 8.05. The fraction of sp³-hybridized carbons (Fsp3) is 1.00. The summed E-state index contributed by atoms with van der Waals surface area (Å²) in [4.78, 5) is 2.61. The maximum Gasteiger partial charge on any atom is 0.0221 e. The largest absolute Gasteiger partial charge is 0.312 e. The number of hydrogen-bond acceptors (Lipinski definition) is 2. The van der Waals surface area contributed by atoms with E-state index in [0.717, 1.165) is 12.1 Å². The second-order valence-corrected chi connectivity index (χ2v) is 4.11. The second kappa shape index (κ2) is 3.75. The van der Waals surface area contributed by atoms with Crippen molar-refractivity contribution in [2.75, 3.05) is 19.6 Å². The van der Waals surface area contributed by atoms with Crippen molar-refractivity contribution in [3.05, 3.63) is 0 Å². The Labute approximate surface area is 75.3 Å². The van der Waals surface area contributed by atoms with E-state index in [1.54, 1.807) is 0 Å². The van der Waals surface area contributed by atoms with E-state index in [1.165, 1.54) is 45.3 Å². The number of hydrogen-bond donors (Lipinski definition) is 1. The highest BCUT2D eigenvalue weighted by atomic mass is 15.2. The summed E-state index contributed by atoms with van der Waals surface area (Å²) in [6.45, 7) is 6.07. The van der Waals surface area contributed by atoms with Gasteiger partial charge < -0.3 is 5.32 Å². The molecule has 0 aromatic rings. The average molecular weight is 168 g/mol. The van der Waals surface area contributed by atoms with Gasteiger partial charge in [-0.3, -0.25) is 4.90 Å². The first-order valence-corrected chi connectivity index (χ1v) is 5.37. The summed E-state index contributed by atoms with van der Waals surface area (Å²) in [6.07, 6.45) is 5.65. The van der Waals surface area contributed by atoms with Crippen LogP contribution in [-0.4, -0.2) is 36.6 Å². The maximum atomic E-state index is 3.62. The lowest BCUT2D eigenvalue weighted by Crippen LogP contribution is -2.38. The Hall–Kier alpha value is -0.0800. The second-order valence-electron chi connectivity index (χ2n) is 4.11. The summed E-state index contributed by atoms with van der Waals surface area (Å²) in [6, 6.07) is 1.72. The van der Waals surface area contributed by atoms with E-state index in [-0.39, 0.29) is 0 Å². The van der Waals surface area contributed by atoms with Crippen LogP contribution in [0.5, 0.6) is 0 Å². The molecular weight excluding hydrogens is 148 g/mol. The highest BCUT2D eigenvalue weighted by molar-refractivity contribution is 4.86. The third-order valence-electron chi connectivity index (χ3n) is 3.12. The molecule has 1 atom stereocenters. The molecule has 0 bridgehead atoms. The lowest BCUT2D eigenvalue weighted by molar-refractivity contribution is 0.260. The molecule has 0 aromatic heterocycles. The van der Waals surface area contributed by atoms with Gasteiger partial charge in [-0.15, -0.1) is 0 Å². The van der Waals surface area contributed by atoms with Gasteiger partial charge in [0, 0.05) is 18.6 Å². The number of nitrogens with zero attached hydrogens (tertiary/aromatic N) is 1. The Morgan fingerprint density at radius 1 is 1.33 bits per heavy atom. The van der Waals surface area contributed by atoms with Crippen molar-refractivity contribution in [2.24, 2.45) is 0 Å². The van der Waals surface area contributed by atoms with Gasteiger partial charge in [0.1, 0.15) is 0 Å². The van der Waals surface area contributed by atoms with Gasteiger partial charge in [-0.05, 0) is 38.8 Å². The van der Waals surface area contributed by atoms with Gasteiger partial charge in [-0.25, -0.2) is 0 Å². The zero-order chi connectivity index (χ0) is 8.39. The molecular formula is C10H20N2. The topological polar surface area (TPSA) is 15.3 Å². The molecule has 2 heteroatoms. The molecule has 12 heavy (non-hydrogen) atoms. The molecule has 2 nitrogen and oxygen atoms in total. The van der Waals surface area contributed by atoms with Crippen LogP contribution >= 0.6 is 0 Å². The van der Waals surface area contributed by atoms with Gasteiger partial charge in [0.15, 0.2) is 0 Å². The van der Waals surface area contributed by atoms with Crippen LogP contribution < -0.4 is 5.32 Å². The Morgan fingerprint density at radius 3 is 2.83 bits per heavy atom. The van der Waals surface area contributed by atoms with Crippen molar-refractivity contribution in [1.82, 2.24) is 10.2 Å². The number of likely N-dealkylation sites (tertiary alicyclic amines) is 1. The Kier molecular flexibility index (Phi) is 2.66. The SMILES string of the molecule is CCN1CCCC1CNC1CC1. The van der Waals surface area contributed by atoms with Gasteiger partial charge >= 0.3 is 0 Å². The molecule has 0 aromatic carbocycles. The lowest BCUT2D eigenvalue weighted by Gasteiger charge is -2.22. The Morgan fingerprint density at radius 2 is 2.17 bits per heavy atom.